The molecule has 0 radical (unpaired) electrons. The Labute approximate surface area is 156 Å². The van der Waals surface area contributed by atoms with Crippen LogP contribution in [0.5, 0.6) is 5.75 Å². The molecule has 0 aromatic heterocycles. The summed E-state index contributed by atoms with van der Waals surface area (Å²) in [7, 11) is 1.65. The number of ether oxygens (including phenoxy) is 1. The van der Waals surface area contributed by atoms with Gasteiger partial charge < -0.3 is 15.0 Å². The van der Waals surface area contributed by atoms with Crippen molar-refractivity contribution in [2.24, 2.45) is 0 Å². The summed E-state index contributed by atoms with van der Waals surface area (Å²) in [5.41, 5.74) is 1.32. The summed E-state index contributed by atoms with van der Waals surface area (Å²) in [6.45, 7) is -0.774. The van der Waals surface area contributed by atoms with Crippen LogP contribution in [0.1, 0.15) is 29.3 Å². The third-order valence-electron chi connectivity index (χ3n) is 3.89. The monoisotopic (exact) mass is 376 g/mol. The SMILES string of the molecule is CC(CC(=O)N(C)Cc1ccc(OC(F)F)cc1)NC(=O)c1ccccc1. The highest BCUT2D eigenvalue weighted by molar-refractivity contribution is 5.94. The van der Waals surface area contributed by atoms with E-state index in [0.717, 1.165) is 5.56 Å². The minimum absolute atomic E-state index is 0.0694. The van der Waals surface area contributed by atoms with E-state index in [2.05, 4.69) is 10.1 Å². The first kappa shape index (κ1) is 20.4. The largest absolute Gasteiger partial charge is 0.435 e. The zero-order valence-corrected chi connectivity index (χ0v) is 15.2. The van der Waals surface area contributed by atoms with E-state index in [0.29, 0.717) is 12.1 Å². The maximum Gasteiger partial charge on any atom is 0.387 e. The average Bonchev–Trinajstić information content (AvgIpc) is 2.63. The molecular weight excluding hydrogens is 354 g/mol. The lowest BCUT2D eigenvalue weighted by molar-refractivity contribution is -0.130. The van der Waals surface area contributed by atoms with Gasteiger partial charge in [0.25, 0.3) is 5.91 Å². The van der Waals surface area contributed by atoms with Gasteiger partial charge in [0.15, 0.2) is 0 Å². The fourth-order valence-electron chi connectivity index (χ4n) is 2.50. The zero-order chi connectivity index (χ0) is 19.8. The van der Waals surface area contributed by atoms with Crippen molar-refractivity contribution in [3.63, 3.8) is 0 Å². The molecular formula is C20H22F2N2O3. The number of hydrogen-bond donors (Lipinski definition) is 1. The third-order valence-corrected chi connectivity index (χ3v) is 3.89. The molecule has 0 saturated heterocycles. The Morgan fingerprint density at radius 3 is 2.30 bits per heavy atom. The number of nitrogens with one attached hydrogen (secondary N) is 1. The molecule has 2 amide bonds. The van der Waals surface area contributed by atoms with Gasteiger partial charge in [0.05, 0.1) is 0 Å². The highest BCUT2D eigenvalue weighted by Gasteiger charge is 2.16. The molecule has 1 N–H and O–H groups in total. The van der Waals surface area contributed by atoms with Gasteiger partial charge in [-0.1, -0.05) is 30.3 Å². The lowest BCUT2D eigenvalue weighted by atomic mass is 10.1. The molecule has 2 aromatic rings. The Morgan fingerprint density at radius 1 is 1.07 bits per heavy atom. The van der Waals surface area contributed by atoms with Crippen LogP contribution in [0.2, 0.25) is 0 Å². The van der Waals surface area contributed by atoms with Crippen molar-refractivity contribution >= 4 is 11.8 Å². The van der Waals surface area contributed by atoms with Crippen LogP contribution >= 0.6 is 0 Å². The molecule has 0 aliphatic heterocycles. The van der Waals surface area contributed by atoms with Crippen molar-refractivity contribution in [2.45, 2.75) is 32.5 Å². The number of nitrogens with zero attached hydrogens (tertiary/aromatic N) is 1. The average molecular weight is 376 g/mol. The second kappa shape index (κ2) is 9.66. The molecule has 2 aromatic carbocycles. The normalized spacial score (nSPS) is 11.7. The summed E-state index contributed by atoms with van der Waals surface area (Å²) in [5.74, 6) is -0.295. The predicted molar refractivity (Wildman–Crippen MR) is 97.5 cm³/mol. The van der Waals surface area contributed by atoms with Crippen molar-refractivity contribution in [2.75, 3.05) is 7.05 Å². The first-order valence-corrected chi connectivity index (χ1v) is 8.48. The Kier molecular flexibility index (Phi) is 7.28. The zero-order valence-electron chi connectivity index (χ0n) is 15.2. The first-order valence-electron chi connectivity index (χ1n) is 8.48. The predicted octanol–water partition coefficient (Wildman–Crippen LogP) is 3.46. The van der Waals surface area contributed by atoms with E-state index in [4.69, 9.17) is 0 Å². The number of carbonyl (C=O) groups excluding carboxylic acids is 2. The molecule has 2 rings (SSSR count). The topological polar surface area (TPSA) is 58.6 Å². The van der Waals surface area contributed by atoms with Crippen LogP contribution < -0.4 is 10.1 Å². The van der Waals surface area contributed by atoms with E-state index in [-0.39, 0.29) is 30.0 Å². The van der Waals surface area contributed by atoms with E-state index >= 15 is 0 Å². The van der Waals surface area contributed by atoms with E-state index in [1.165, 1.54) is 17.0 Å². The van der Waals surface area contributed by atoms with Crippen molar-refractivity contribution in [1.29, 1.82) is 0 Å². The molecule has 0 heterocycles. The van der Waals surface area contributed by atoms with Crippen LogP contribution in [0.4, 0.5) is 8.78 Å². The van der Waals surface area contributed by atoms with Gasteiger partial charge in [0, 0.05) is 31.6 Å². The molecule has 144 valence electrons. The third kappa shape index (κ3) is 6.69. The summed E-state index contributed by atoms with van der Waals surface area (Å²) < 4.78 is 28.6. The fraction of sp³-hybridized carbons (Fsp3) is 0.300. The maximum absolute atomic E-state index is 12.3. The fourth-order valence-corrected chi connectivity index (χ4v) is 2.50. The van der Waals surface area contributed by atoms with Crippen LogP contribution in [0.3, 0.4) is 0 Å². The van der Waals surface area contributed by atoms with E-state index < -0.39 is 6.61 Å². The van der Waals surface area contributed by atoms with Gasteiger partial charge in [-0.2, -0.15) is 8.78 Å². The highest BCUT2D eigenvalue weighted by atomic mass is 19.3. The van der Waals surface area contributed by atoms with Crippen LogP contribution in [0.15, 0.2) is 54.6 Å². The van der Waals surface area contributed by atoms with Crippen molar-refractivity contribution in [1.82, 2.24) is 10.2 Å². The van der Waals surface area contributed by atoms with Crippen LogP contribution in [-0.4, -0.2) is 36.4 Å². The number of hydrogen-bond acceptors (Lipinski definition) is 3. The maximum atomic E-state index is 12.3. The summed E-state index contributed by atoms with van der Waals surface area (Å²) in [6, 6.07) is 14.6. The molecule has 27 heavy (non-hydrogen) atoms. The second-order valence-corrected chi connectivity index (χ2v) is 6.22. The Balaban J connectivity index is 1.83. The van der Waals surface area contributed by atoms with Crippen molar-refractivity contribution in [3.8, 4) is 5.75 Å². The lowest BCUT2D eigenvalue weighted by Crippen LogP contribution is -2.37. The van der Waals surface area contributed by atoms with Crippen LogP contribution in [-0.2, 0) is 11.3 Å². The number of halogens is 2. The molecule has 0 spiro atoms. The Bertz CT molecular complexity index is 752. The second-order valence-electron chi connectivity index (χ2n) is 6.22. The van der Waals surface area contributed by atoms with E-state index in [9.17, 15) is 18.4 Å². The number of benzene rings is 2. The molecule has 1 unspecified atom stereocenters. The molecule has 5 nitrogen and oxygen atoms in total. The van der Waals surface area contributed by atoms with E-state index in [1.54, 1.807) is 50.4 Å². The minimum Gasteiger partial charge on any atom is -0.435 e. The lowest BCUT2D eigenvalue weighted by Gasteiger charge is -2.20. The number of rotatable bonds is 8. The Hall–Kier alpha value is -2.96. The van der Waals surface area contributed by atoms with Crippen LogP contribution in [0.25, 0.3) is 0 Å². The number of carbonyl (C=O) groups is 2. The van der Waals surface area contributed by atoms with Gasteiger partial charge >= 0.3 is 6.61 Å². The molecule has 0 aliphatic rings. The molecule has 0 bridgehead atoms. The molecule has 0 saturated carbocycles. The van der Waals surface area contributed by atoms with E-state index in [1.807, 2.05) is 6.07 Å². The van der Waals surface area contributed by atoms with Gasteiger partial charge in [0.2, 0.25) is 5.91 Å². The van der Waals surface area contributed by atoms with Gasteiger partial charge in [-0.3, -0.25) is 9.59 Å². The standard InChI is InChI=1S/C20H22F2N2O3/c1-14(23-19(26)16-6-4-3-5-7-16)12-18(25)24(2)13-15-8-10-17(11-9-15)27-20(21)22/h3-11,14,20H,12-13H2,1-2H3,(H,23,26). The highest BCUT2D eigenvalue weighted by Crippen LogP contribution is 2.16. The quantitative estimate of drug-likeness (QED) is 0.768. The summed E-state index contributed by atoms with van der Waals surface area (Å²) in [4.78, 5) is 26.0. The molecule has 1 atom stereocenters. The van der Waals surface area contributed by atoms with Crippen LogP contribution in [0, 0.1) is 0 Å². The number of alkyl halides is 2. The summed E-state index contributed by atoms with van der Waals surface area (Å²) >= 11 is 0. The van der Waals surface area contributed by atoms with Crippen molar-refractivity contribution < 1.29 is 23.1 Å². The first-order chi connectivity index (χ1) is 12.8. The van der Waals surface area contributed by atoms with Crippen molar-refractivity contribution in [3.05, 3.63) is 65.7 Å². The molecule has 0 aliphatic carbocycles. The van der Waals surface area contributed by atoms with Gasteiger partial charge in [-0.25, -0.2) is 0 Å². The number of amides is 2. The molecule has 0 fully saturated rings. The summed E-state index contributed by atoms with van der Waals surface area (Å²) in [6.07, 6.45) is 0.154. The van der Waals surface area contributed by atoms with Gasteiger partial charge in [-0.15, -0.1) is 0 Å². The smallest absolute Gasteiger partial charge is 0.387 e. The summed E-state index contributed by atoms with van der Waals surface area (Å²) in [5, 5.41) is 2.80. The van der Waals surface area contributed by atoms with Gasteiger partial charge in [-0.05, 0) is 36.8 Å². The Morgan fingerprint density at radius 2 is 1.70 bits per heavy atom. The van der Waals surface area contributed by atoms with Gasteiger partial charge in [0.1, 0.15) is 5.75 Å². The minimum atomic E-state index is -2.87. The molecule has 7 heteroatoms.